The third-order valence-electron chi connectivity index (χ3n) is 2.44. The molecule has 0 saturated heterocycles. The van der Waals surface area contributed by atoms with Crippen LogP contribution in [0.3, 0.4) is 0 Å². The fourth-order valence-corrected chi connectivity index (χ4v) is 1.88. The van der Waals surface area contributed by atoms with Crippen LogP contribution in [-0.2, 0) is 18.3 Å². The van der Waals surface area contributed by atoms with Crippen molar-refractivity contribution >= 4 is 28.5 Å². The molecular weight excluding hydrogens is 214 g/mol. The summed E-state index contributed by atoms with van der Waals surface area (Å²) in [6.45, 7) is 0. The van der Waals surface area contributed by atoms with Gasteiger partial charge in [0.15, 0.2) is 0 Å². The first-order valence-corrected chi connectivity index (χ1v) is 4.91. The average Bonchev–Trinajstić information content (AvgIpc) is 2.42. The van der Waals surface area contributed by atoms with Crippen molar-refractivity contribution < 1.29 is 9.90 Å². The number of fused-ring (bicyclic) bond motifs is 1. The molecule has 15 heavy (non-hydrogen) atoms. The molecular formula is C11H10ClNO2. The zero-order chi connectivity index (χ0) is 11.0. The molecule has 78 valence electrons. The summed E-state index contributed by atoms with van der Waals surface area (Å²) in [6, 6.07) is 7.38. The Labute approximate surface area is 91.9 Å². The van der Waals surface area contributed by atoms with Gasteiger partial charge in [-0.05, 0) is 24.3 Å². The van der Waals surface area contributed by atoms with Crippen LogP contribution in [0.1, 0.15) is 5.69 Å². The van der Waals surface area contributed by atoms with Gasteiger partial charge in [0.05, 0.1) is 6.42 Å². The van der Waals surface area contributed by atoms with Gasteiger partial charge < -0.3 is 9.67 Å². The normalized spacial score (nSPS) is 10.8. The third kappa shape index (κ3) is 1.83. The van der Waals surface area contributed by atoms with Gasteiger partial charge in [0.25, 0.3) is 0 Å². The molecule has 2 rings (SSSR count). The van der Waals surface area contributed by atoms with E-state index in [1.165, 1.54) is 0 Å². The maximum Gasteiger partial charge on any atom is 0.309 e. The number of carbonyl (C=O) groups is 1. The molecule has 1 heterocycles. The van der Waals surface area contributed by atoms with Crippen LogP contribution in [-0.4, -0.2) is 15.6 Å². The second kappa shape index (κ2) is 3.59. The summed E-state index contributed by atoms with van der Waals surface area (Å²) < 4.78 is 1.87. The minimum absolute atomic E-state index is 0.0306. The number of halogens is 1. The van der Waals surface area contributed by atoms with Crippen molar-refractivity contribution in [2.24, 2.45) is 7.05 Å². The Balaban J connectivity index is 2.58. The minimum Gasteiger partial charge on any atom is -0.481 e. The van der Waals surface area contributed by atoms with Crippen LogP contribution in [0.4, 0.5) is 0 Å². The van der Waals surface area contributed by atoms with E-state index in [2.05, 4.69) is 0 Å². The van der Waals surface area contributed by atoms with Crippen LogP contribution >= 0.6 is 11.6 Å². The molecule has 4 heteroatoms. The molecule has 0 atom stereocenters. The maximum atomic E-state index is 10.6. The van der Waals surface area contributed by atoms with Crippen LogP contribution < -0.4 is 0 Å². The topological polar surface area (TPSA) is 42.2 Å². The first-order chi connectivity index (χ1) is 7.08. The summed E-state index contributed by atoms with van der Waals surface area (Å²) in [4.78, 5) is 10.6. The fourth-order valence-electron chi connectivity index (χ4n) is 1.70. The summed E-state index contributed by atoms with van der Waals surface area (Å²) in [5.74, 6) is -0.827. The van der Waals surface area contributed by atoms with Crippen molar-refractivity contribution in [1.29, 1.82) is 0 Å². The van der Waals surface area contributed by atoms with E-state index in [0.717, 1.165) is 16.6 Å². The van der Waals surface area contributed by atoms with Gasteiger partial charge >= 0.3 is 5.97 Å². The molecule has 0 amide bonds. The Morgan fingerprint density at radius 3 is 2.87 bits per heavy atom. The van der Waals surface area contributed by atoms with Crippen molar-refractivity contribution in [3.8, 4) is 0 Å². The van der Waals surface area contributed by atoms with Crippen LogP contribution in [0.5, 0.6) is 0 Å². The molecule has 1 aromatic heterocycles. The highest BCUT2D eigenvalue weighted by atomic mass is 35.5. The molecule has 0 spiro atoms. The number of hydrogen-bond acceptors (Lipinski definition) is 1. The highest BCUT2D eigenvalue weighted by Crippen LogP contribution is 2.22. The lowest BCUT2D eigenvalue weighted by Crippen LogP contribution is -2.04. The van der Waals surface area contributed by atoms with E-state index in [0.29, 0.717) is 5.02 Å². The first-order valence-electron chi connectivity index (χ1n) is 4.53. The predicted octanol–water partition coefficient (Wildman–Crippen LogP) is 2.46. The minimum atomic E-state index is -0.827. The lowest BCUT2D eigenvalue weighted by Gasteiger charge is -2.00. The summed E-state index contributed by atoms with van der Waals surface area (Å²) in [5, 5.41) is 10.4. The molecule has 1 aromatic carbocycles. The zero-order valence-electron chi connectivity index (χ0n) is 8.20. The van der Waals surface area contributed by atoms with E-state index in [1.807, 2.05) is 29.8 Å². The Morgan fingerprint density at radius 1 is 1.47 bits per heavy atom. The molecule has 0 bridgehead atoms. The van der Waals surface area contributed by atoms with Gasteiger partial charge in [0.1, 0.15) is 0 Å². The average molecular weight is 224 g/mol. The largest absolute Gasteiger partial charge is 0.481 e. The van der Waals surface area contributed by atoms with Crippen LogP contribution in [0.15, 0.2) is 24.3 Å². The smallest absolute Gasteiger partial charge is 0.309 e. The lowest BCUT2D eigenvalue weighted by atomic mass is 10.2. The second-order valence-corrected chi connectivity index (χ2v) is 3.90. The third-order valence-corrected chi connectivity index (χ3v) is 2.67. The summed E-state index contributed by atoms with van der Waals surface area (Å²) in [7, 11) is 1.86. The van der Waals surface area contributed by atoms with Crippen molar-refractivity contribution in [2.45, 2.75) is 6.42 Å². The number of carboxylic acid groups (broad SMARTS) is 1. The standard InChI is InChI=1S/C11H10ClNO2/c1-13-9(6-11(14)15)5-7-4-8(12)2-3-10(7)13/h2-5H,6H2,1H3,(H,14,15). The maximum absolute atomic E-state index is 10.6. The highest BCUT2D eigenvalue weighted by molar-refractivity contribution is 6.31. The summed E-state index contributed by atoms with van der Waals surface area (Å²) in [5.41, 5.74) is 1.77. The lowest BCUT2D eigenvalue weighted by molar-refractivity contribution is -0.136. The molecule has 0 aliphatic carbocycles. The Morgan fingerprint density at radius 2 is 2.20 bits per heavy atom. The van der Waals surface area contributed by atoms with Crippen LogP contribution in [0.2, 0.25) is 5.02 Å². The molecule has 2 aromatic rings. The molecule has 0 aliphatic heterocycles. The SMILES string of the molecule is Cn1c(CC(=O)O)cc2cc(Cl)ccc21. The highest BCUT2D eigenvalue weighted by Gasteiger charge is 2.08. The predicted molar refractivity (Wildman–Crippen MR) is 59.3 cm³/mol. The van der Waals surface area contributed by atoms with Crippen molar-refractivity contribution in [1.82, 2.24) is 4.57 Å². The van der Waals surface area contributed by atoms with E-state index in [-0.39, 0.29) is 6.42 Å². The fraction of sp³-hybridized carbons (Fsp3) is 0.182. The number of aromatic nitrogens is 1. The molecule has 0 aliphatic rings. The monoisotopic (exact) mass is 223 g/mol. The molecule has 0 fully saturated rings. The quantitative estimate of drug-likeness (QED) is 0.850. The number of nitrogens with zero attached hydrogens (tertiary/aromatic N) is 1. The zero-order valence-corrected chi connectivity index (χ0v) is 8.95. The van der Waals surface area contributed by atoms with Crippen molar-refractivity contribution in [3.63, 3.8) is 0 Å². The van der Waals surface area contributed by atoms with E-state index < -0.39 is 5.97 Å². The van der Waals surface area contributed by atoms with Gasteiger partial charge in [-0.25, -0.2) is 0 Å². The Hall–Kier alpha value is -1.48. The van der Waals surface area contributed by atoms with Gasteiger partial charge in [0, 0.05) is 28.7 Å². The Bertz CT molecular complexity index is 531. The summed E-state index contributed by atoms with van der Waals surface area (Å²) in [6.07, 6.45) is 0.0306. The van der Waals surface area contributed by atoms with Gasteiger partial charge in [-0.3, -0.25) is 4.79 Å². The molecule has 1 N–H and O–H groups in total. The number of aryl methyl sites for hydroxylation is 1. The van der Waals surface area contributed by atoms with Gasteiger partial charge in [0.2, 0.25) is 0 Å². The van der Waals surface area contributed by atoms with Gasteiger partial charge in [-0.1, -0.05) is 11.6 Å². The van der Waals surface area contributed by atoms with Crippen LogP contribution in [0.25, 0.3) is 10.9 Å². The van der Waals surface area contributed by atoms with Crippen LogP contribution in [0, 0.1) is 0 Å². The van der Waals surface area contributed by atoms with E-state index in [1.54, 1.807) is 6.07 Å². The van der Waals surface area contributed by atoms with E-state index >= 15 is 0 Å². The molecule has 0 saturated carbocycles. The van der Waals surface area contributed by atoms with Gasteiger partial charge in [-0.15, -0.1) is 0 Å². The molecule has 0 unspecified atom stereocenters. The molecule has 0 radical (unpaired) electrons. The molecule has 3 nitrogen and oxygen atoms in total. The number of aliphatic carboxylic acids is 1. The van der Waals surface area contributed by atoms with E-state index in [9.17, 15) is 4.79 Å². The number of rotatable bonds is 2. The summed E-state index contributed by atoms with van der Waals surface area (Å²) >= 11 is 5.86. The second-order valence-electron chi connectivity index (χ2n) is 3.47. The Kier molecular flexibility index (Phi) is 2.40. The number of carboxylic acids is 1. The first kappa shape index (κ1) is 10.1. The van der Waals surface area contributed by atoms with Crippen molar-refractivity contribution in [2.75, 3.05) is 0 Å². The number of hydrogen-bond donors (Lipinski definition) is 1. The van der Waals surface area contributed by atoms with Gasteiger partial charge in [-0.2, -0.15) is 0 Å². The van der Waals surface area contributed by atoms with Crippen molar-refractivity contribution in [3.05, 3.63) is 35.0 Å². The van der Waals surface area contributed by atoms with E-state index in [4.69, 9.17) is 16.7 Å². The number of benzene rings is 1.